The van der Waals surface area contributed by atoms with Gasteiger partial charge < -0.3 is 15.8 Å². The Morgan fingerprint density at radius 1 is 0.857 bits per heavy atom. The third-order valence-electron chi connectivity index (χ3n) is 3.31. The van der Waals surface area contributed by atoms with Gasteiger partial charge in [-0.05, 0) is 49.2 Å². The number of benzene rings is 2. The maximum Gasteiger partial charge on any atom is 0.119 e. The number of hydrogen-bond donors (Lipinski definition) is 2. The summed E-state index contributed by atoms with van der Waals surface area (Å²) < 4.78 is 5.77. The number of nitrogens with one attached hydrogen (secondary N) is 1. The van der Waals surface area contributed by atoms with Gasteiger partial charge in [0, 0.05) is 6.54 Å². The molecule has 2 aromatic carbocycles. The van der Waals surface area contributed by atoms with E-state index in [4.69, 9.17) is 10.5 Å². The molecule has 0 radical (unpaired) electrons. The van der Waals surface area contributed by atoms with Gasteiger partial charge in [0.15, 0.2) is 0 Å². The summed E-state index contributed by atoms with van der Waals surface area (Å²) in [6.07, 6.45) is 2.22. The Morgan fingerprint density at radius 2 is 1.62 bits per heavy atom. The van der Waals surface area contributed by atoms with Gasteiger partial charge in [-0.15, -0.1) is 0 Å². The van der Waals surface area contributed by atoms with Crippen LogP contribution in [0, 0.1) is 0 Å². The molecule has 0 aromatic heterocycles. The Balaban J connectivity index is 1.71. The van der Waals surface area contributed by atoms with Crippen LogP contribution in [-0.4, -0.2) is 13.1 Å². The second kappa shape index (κ2) is 9.16. The number of ether oxygens (including phenoxy) is 1. The number of hydrogen-bond acceptors (Lipinski definition) is 3. The fourth-order valence-electron chi connectivity index (χ4n) is 2.07. The fourth-order valence-corrected chi connectivity index (χ4v) is 2.07. The maximum absolute atomic E-state index is 5.77. The monoisotopic (exact) mass is 284 g/mol. The molecule has 3 nitrogen and oxygen atoms in total. The summed E-state index contributed by atoms with van der Waals surface area (Å²) in [7, 11) is 0. The zero-order valence-corrected chi connectivity index (χ0v) is 12.4. The smallest absolute Gasteiger partial charge is 0.119 e. The Morgan fingerprint density at radius 3 is 2.33 bits per heavy atom. The molecular weight excluding hydrogens is 260 g/mol. The molecule has 0 atom stereocenters. The zero-order chi connectivity index (χ0) is 14.8. The highest BCUT2D eigenvalue weighted by Crippen LogP contribution is 2.14. The minimum atomic E-state index is 0.609. The van der Waals surface area contributed by atoms with Crippen molar-refractivity contribution in [2.75, 3.05) is 13.1 Å². The molecule has 112 valence electrons. The molecule has 0 fully saturated rings. The molecule has 2 rings (SSSR count). The summed E-state index contributed by atoms with van der Waals surface area (Å²) in [6, 6.07) is 18.5. The third-order valence-corrected chi connectivity index (χ3v) is 3.31. The molecule has 0 spiro atoms. The normalized spacial score (nSPS) is 10.5. The number of rotatable bonds is 9. The average Bonchev–Trinajstić information content (AvgIpc) is 2.55. The molecule has 3 heteroatoms. The van der Waals surface area contributed by atoms with E-state index in [1.54, 1.807) is 0 Å². The highest BCUT2D eigenvalue weighted by atomic mass is 16.5. The predicted molar refractivity (Wildman–Crippen MR) is 87.2 cm³/mol. The van der Waals surface area contributed by atoms with Crippen molar-refractivity contribution in [1.82, 2.24) is 5.32 Å². The standard InChI is InChI=1S/C18H24N2O/c19-12-4-5-13-20-14-16-8-10-18(11-9-16)21-15-17-6-2-1-3-7-17/h1-3,6-11,20H,4-5,12-15,19H2. The zero-order valence-electron chi connectivity index (χ0n) is 12.4. The quantitative estimate of drug-likeness (QED) is 0.696. The lowest BCUT2D eigenvalue weighted by atomic mass is 10.2. The van der Waals surface area contributed by atoms with Gasteiger partial charge in [-0.25, -0.2) is 0 Å². The lowest BCUT2D eigenvalue weighted by Crippen LogP contribution is -2.15. The predicted octanol–water partition coefficient (Wildman–Crippen LogP) is 3.09. The van der Waals surface area contributed by atoms with Gasteiger partial charge in [-0.1, -0.05) is 42.5 Å². The van der Waals surface area contributed by atoms with Gasteiger partial charge in [0.25, 0.3) is 0 Å². The van der Waals surface area contributed by atoms with Crippen molar-refractivity contribution in [3.8, 4) is 5.75 Å². The number of nitrogens with two attached hydrogens (primary N) is 1. The van der Waals surface area contributed by atoms with Crippen molar-refractivity contribution in [2.24, 2.45) is 5.73 Å². The van der Waals surface area contributed by atoms with Gasteiger partial charge in [0.1, 0.15) is 12.4 Å². The van der Waals surface area contributed by atoms with E-state index in [0.29, 0.717) is 6.61 Å². The van der Waals surface area contributed by atoms with Crippen molar-refractivity contribution in [2.45, 2.75) is 26.0 Å². The van der Waals surface area contributed by atoms with E-state index >= 15 is 0 Å². The largest absolute Gasteiger partial charge is 0.489 e. The van der Waals surface area contributed by atoms with Crippen LogP contribution in [0.25, 0.3) is 0 Å². The molecular formula is C18H24N2O. The highest BCUT2D eigenvalue weighted by molar-refractivity contribution is 5.27. The lowest BCUT2D eigenvalue weighted by Gasteiger charge is -2.08. The Labute approximate surface area is 127 Å². The van der Waals surface area contributed by atoms with E-state index in [1.165, 1.54) is 11.1 Å². The third kappa shape index (κ3) is 5.98. The van der Waals surface area contributed by atoms with Gasteiger partial charge in [0.2, 0.25) is 0 Å². The minimum absolute atomic E-state index is 0.609. The summed E-state index contributed by atoms with van der Waals surface area (Å²) in [6.45, 7) is 3.29. The summed E-state index contributed by atoms with van der Waals surface area (Å²) in [5, 5.41) is 3.42. The van der Waals surface area contributed by atoms with Crippen LogP contribution in [0.2, 0.25) is 0 Å². The molecule has 0 aliphatic heterocycles. The Bertz CT molecular complexity index is 496. The van der Waals surface area contributed by atoms with Crippen LogP contribution in [0.1, 0.15) is 24.0 Å². The van der Waals surface area contributed by atoms with Crippen LogP contribution in [0.4, 0.5) is 0 Å². The van der Waals surface area contributed by atoms with Gasteiger partial charge in [-0.2, -0.15) is 0 Å². The summed E-state index contributed by atoms with van der Waals surface area (Å²) in [5.41, 5.74) is 7.92. The fraction of sp³-hybridized carbons (Fsp3) is 0.333. The molecule has 0 heterocycles. The molecule has 3 N–H and O–H groups in total. The molecule has 0 aliphatic rings. The van der Waals surface area contributed by atoms with E-state index in [1.807, 2.05) is 30.3 Å². The van der Waals surface area contributed by atoms with E-state index in [9.17, 15) is 0 Å². The van der Waals surface area contributed by atoms with Gasteiger partial charge >= 0.3 is 0 Å². The van der Waals surface area contributed by atoms with Crippen molar-refractivity contribution >= 4 is 0 Å². The topological polar surface area (TPSA) is 47.3 Å². The van der Waals surface area contributed by atoms with Gasteiger partial charge in [0.05, 0.1) is 0 Å². The average molecular weight is 284 g/mol. The highest BCUT2D eigenvalue weighted by Gasteiger charge is 1.97. The van der Waals surface area contributed by atoms with E-state index in [-0.39, 0.29) is 0 Å². The van der Waals surface area contributed by atoms with E-state index in [2.05, 4.69) is 29.6 Å². The molecule has 0 bridgehead atoms. The van der Waals surface area contributed by atoms with Crippen molar-refractivity contribution in [3.05, 3.63) is 65.7 Å². The Hall–Kier alpha value is -1.84. The van der Waals surface area contributed by atoms with Crippen LogP contribution in [0.3, 0.4) is 0 Å². The molecule has 0 aliphatic carbocycles. The lowest BCUT2D eigenvalue weighted by molar-refractivity contribution is 0.306. The first-order valence-corrected chi connectivity index (χ1v) is 7.55. The Kier molecular flexibility index (Phi) is 6.78. The summed E-state index contributed by atoms with van der Waals surface area (Å²) in [4.78, 5) is 0. The number of unbranched alkanes of at least 4 members (excludes halogenated alkanes) is 1. The van der Waals surface area contributed by atoms with Crippen LogP contribution >= 0.6 is 0 Å². The molecule has 0 saturated carbocycles. The van der Waals surface area contributed by atoms with Crippen molar-refractivity contribution in [1.29, 1.82) is 0 Å². The SMILES string of the molecule is NCCCCNCc1ccc(OCc2ccccc2)cc1. The first kappa shape index (κ1) is 15.5. The maximum atomic E-state index is 5.77. The summed E-state index contributed by atoms with van der Waals surface area (Å²) in [5.74, 6) is 0.908. The second-order valence-corrected chi connectivity index (χ2v) is 5.09. The van der Waals surface area contributed by atoms with Crippen molar-refractivity contribution in [3.63, 3.8) is 0 Å². The molecule has 21 heavy (non-hydrogen) atoms. The first-order chi connectivity index (χ1) is 10.4. The van der Waals surface area contributed by atoms with Crippen LogP contribution in [0.5, 0.6) is 5.75 Å². The van der Waals surface area contributed by atoms with Crippen LogP contribution < -0.4 is 15.8 Å². The molecule has 0 unspecified atom stereocenters. The van der Waals surface area contributed by atoms with Crippen LogP contribution in [0.15, 0.2) is 54.6 Å². The molecule has 2 aromatic rings. The van der Waals surface area contributed by atoms with Crippen molar-refractivity contribution < 1.29 is 4.74 Å². The second-order valence-electron chi connectivity index (χ2n) is 5.09. The minimum Gasteiger partial charge on any atom is -0.489 e. The summed E-state index contributed by atoms with van der Waals surface area (Å²) >= 11 is 0. The van der Waals surface area contributed by atoms with E-state index < -0.39 is 0 Å². The molecule has 0 amide bonds. The van der Waals surface area contributed by atoms with Crippen LogP contribution in [-0.2, 0) is 13.2 Å². The molecule has 0 saturated heterocycles. The first-order valence-electron chi connectivity index (χ1n) is 7.55. The van der Waals surface area contributed by atoms with E-state index in [0.717, 1.165) is 38.2 Å². The van der Waals surface area contributed by atoms with Gasteiger partial charge in [-0.3, -0.25) is 0 Å².